The lowest BCUT2D eigenvalue weighted by atomic mass is 10.1. The highest BCUT2D eigenvalue weighted by atomic mass is 16.6. The number of carbonyl (C=O) groups is 1. The van der Waals surface area contributed by atoms with Gasteiger partial charge in [-0.2, -0.15) is 15.1 Å². The fourth-order valence-electron chi connectivity index (χ4n) is 3.44. The summed E-state index contributed by atoms with van der Waals surface area (Å²) in [6.45, 7) is 3.26. The number of hydrogen-bond acceptors (Lipinski definition) is 10. The average molecular weight is 414 g/mol. The first-order valence-corrected chi connectivity index (χ1v) is 9.20. The molecule has 12 nitrogen and oxygen atoms in total. The molecule has 0 saturated carbocycles. The second-order valence-electron chi connectivity index (χ2n) is 7.22. The van der Waals surface area contributed by atoms with Crippen molar-refractivity contribution >= 4 is 34.9 Å². The van der Waals surface area contributed by atoms with E-state index in [2.05, 4.69) is 25.5 Å². The van der Waals surface area contributed by atoms with E-state index >= 15 is 0 Å². The van der Waals surface area contributed by atoms with Crippen molar-refractivity contribution in [2.24, 2.45) is 12.1 Å². The van der Waals surface area contributed by atoms with Crippen LogP contribution < -0.4 is 11.2 Å². The second kappa shape index (κ2) is 7.48. The number of aliphatic hydroxyl groups is 2. The molecular formula is C18H22N8O4. The van der Waals surface area contributed by atoms with E-state index in [9.17, 15) is 15.0 Å². The van der Waals surface area contributed by atoms with Gasteiger partial charge < -0.3 is 25.3 Å². The summed E-state index contributed by atoms with van der Waals surface area (Å²) in [5.41, 5.74) is 11.2. The van der Waals surface area contributed by atoms with Crippen LogP contribution in [0.25, 0.3) is 11.2 Å². The van der Waals surface area contributed by atoms with Crippen LogP contribution in [-0.4, -0.2) is 64.6 Å². The van der Waals surface area contributed by atoms with E-state index in [0.717, 1.165) is 11.3 Å². The van der Waals surface area contributed by atoms with Gasteiger partial charge in [-0.15, -0.1) is 0 Å². The number of nitrogens with one attached hydrogen (secondary N) is 1. The fraction of sp³-hybridized carbons (Fsp3) is 0.389. The summed E-state index contributed by atoms with van der Waals surface area (Å²) in [5, 5.41) is 24.6. The van der Waals surface area contributed by atoms with Crippen molar-refractivity contribution < 1.29 is 19.7 Å². The molecule has 1 aliphatic rings. The summed E-state index contributed by atoms with van der Waals surface area (Å²) >= 11 is 0. The lowest BCUT2D eigenvalue weighted by Gasteiger charge is -2.16. The minimum absolute atomic E-state index is 0.0994. The number of aryl methyl sites for hydroxylation is 2. The molecule has 1 saturated heterocycles. The Bertz CT molecular complexity index is 1140. The number of aliphatic hydroxyl groups excluding tert-OH is 2. The molecule has 4 rings (SSSR count). The van der Waals surface area contributed by atoms with Gasteiger partial charge in [-0.05, 0) is 25.5 Å². The van der Waals surface area contributed by atoms with Gasteiger partial charge in [0.2, 0.25) is 5.95 Å². The summed E-state index contributed by atoms with van der Waals surface area (Å²) in [4.78, 5) is 24.3. The molecule has 12 heteroatoms. The Kier molecular flexibility index (Phi) is 4.97. The molecule has 0 unspecified atom stereocenters. The van der Waals surface area contributed by atoms with Crippen LogP contribution in [0, 0.1) is 6.92 Å². The van der Waals surface area contributed by atoms with Crippen molar-refractivity contribution in [3.8, 4) is 0 Å². The van der Waals surface area contributed by atoms with Gasteiger partial charge in [0.25, 0.3) is 0 Å². The maximum atomic E-state index is 11.7. The monoisotopic (exact) mass is 414 g/mol. The Morgan fingerprint density at radius 1 is 1.37 bits per heavy atom. The van der Waals surface area contributed by atoms with Crippen LogP contribution in [-0.2, 0) is 16.6 Å². The van der Waals surface area contributed by atoms with Crippen molar-refractivity contribution in [2.45, 2.75) is 38.4 Å². The number of anilines is 2. The number of nitrogens with zero attached hydrogens (tertiary/aromatic N) is 6. The highest BCUT2D eigenvalue weighted by Crippen LogP contribution is 2.32. The summed E-state index contributed by atoms with van der Waals surface area (Å²) in [7, 11) is 1.91. The zero-order valence-corrected chi connectivity index (χ0v) is 16.6. The first-order valence-electron chi connectivity index (χ1n) is 9.20. The van der Waals surface area contributed by atoms with Crippen molar-refractivity contribution in [3.05, 3.63) is 29.8 Å². The molecule has 0 radical (unpaired) electrons. The number of nitrogen functional groups attached to an aromatic ring is 1. The lowest BCUT2D eigenvalue weighted by molar-refractivity contribution is -0.133. The molecule has 3 aromatic heterocycles. The number of hydrogen-bond donors (Lipinski definition) is 4. The fourth-order valence-corrected chi connectivity index (χ4v) is 3.44. The number of ketones is 1. The van der Waals surface area contributed by atoms with Crippen molar-refractivity contribution in [3.63, 3.8) is 0 Å². The van der Waals surface area contributed by atoms with Gasteiger partial charge in [-0.25, -0.2) is 10.4 Å². The van der Waals surface area contributed by atoms with E-state index in [4.69, 9.17) is 10.5 Å². The molecule has 0 bridgehead atoms. The van der Waals surface area contributed by atoms with Gasteiger partial charge in [0.15, 0.2) is 23.5 Å². The van der Waals surface area contributed by atoms with E-state index in [1.807, 2.05) is 30.8 Å². The number of carbonyl (C=O) groups excluding carboxylic acids is 1. The topological polar surface area (TPSA) is 166 Å². The number of nitrogens with two attached hydrogens (primary N) is 1. The predicted octanol–water partition coefficient (Wildman–Crippen LogP) is -0.290. The minimum atomic E-state index is -1.36. The number of hydrazone groups is 1. The molecular weight excluding hydrogens is 392 g/mol. The van der Waals surface area contributed by atoms with E-state index in [0.29, 0.717) is 5.52 Å². The zero-order chi connectivity index (χ0) is 21.6. The number of ether oxygens (including phenoxy) is 1. The molecule has 0 aliphatic carbocycles. The molecule has 158 valence electrons. The zero-order valence-electron chi connectivity index (χ0n) is 16.6. The highest BCUT2D eigenvalue weighted by molar-refractivity contribution is 5.84. The first kappa shape index (κ1) is 19.9. The SMILES string of the molecule is CC(=O)[C@H]1O[C@@H](n2cnc3c(N)nc(N/N=C/c4cc(C)cn4C)nc32)[C@H](O)[C@@H]1O. The molecule has 0 amide bonds. The van der Waals surface area contributed by atoms with Crippen LogP contribution in [0.2, 0.25) is 0 Å². The van der Waals surface area contributed by atoms with Gasteiger partial charge >= 0.3 is 0 Å². The number of rotatable bonds is 5. The van der Waals surface area contributed by atoms with Crippen LogP contribution in [0.5, 0.6) is 0 Å². The maximum absolute atomic E-state index is 11.7. The Morgan fingerprint density at radius 3 is 2.77 bits per heavy atom. The molecule has 0 aromatic carbocycles. The Morgan fingerprint density at radius 2 is 2.13 bits per heavy atom. The average Bonchev–Trinajstić information content (AvgIpc) is 3.32. The Balaban J connectivity index is 1.63. The van der Waals surface area contributed by atoms with Crippen LogP contribution in [0.15, 0.2) is 23.7 Å². The van der Waals surface area contributed by atoms with Gasteiger partial charge in [0, 0.05) is 13.2 Å². The summed E-state index contributed by atoms with van der Waals surface area (Å²) in [6.07, 6.45) is 0.0384. The number of fused-ring (bicyclic) bond motifs is 1. The van der Waals surface area contributed by atoms with Crippen LogP contribution in [0.3, 0.4) is 0 Å². The van der Waals surface area contributed by atoms with Crippen molar-refractivity contribution in [1.82, 2.24) is 24.1 Å². The second-order valence-corrected chi connectivity index (χ2v) is 7.22. The first-order chi connectivity index (χ1) is 14.3. The normalized spacial score (nSPS) is 24.2. The van der Waals surface area contributed by atoms with Crippen LogP contribution >= 0.6 is 0 Å². The third kappa shape index (κ3) is 3.40. The molecule has 4 atom stereocenters. The molecule has 5 N–H and O–H groups in total. The van der Waals surface area contributed by atoms with Crippen LogP contribution in [0.1, 0.15) is 24.4 Å². The maximum Gasteiger partial charge on any atom is 0.247 e. The van der Waals surface area contributed by atoms with Gasteiger partial charge in [-0.3, -0.25) is 9.36 Å². The van der Waals surface area contributed by atoms with E-state index in [1.165, 1.54) is 17.8 Å². The van der Waals surface area contributed by atoms with E-state index in [-0.39, 0.29) is 17.4 Å². The Hall–Kier alpha value is -3.35. The molecule has 30 heavy (non-hydrogen) atoms. The smallest absolute Gasteiger partial charge is 0.247 e. The largest absolute Gasteiger partial charge is 0.387 e. The third-order valence-corrected chi connectivity index (χ3v) is 4.90. The predicted molar refractivity (Wildman–Crippen MR) is 108 cm³/mol. The van der Waals surface area contributed by atoms with Gasteiger partial charge in [0.05, 0.1) is 18.2 Å². The Labute approximate surface area is 171 Å². The van der Waals surface area contributed by atoms with Crippen molar-refractivity contribution in [1.29, 1.82) is 0 Å². The third-order valence-electron chi connectivity index (χ3n) is 4.90. The van der Waals surface area contributed by atoms with E-state index < -0.39 is 30.3 Å². The molecule has 0 spiro atoms. The lowest BCUT2D eigenvalue weighted by Crippen LogP contribution is -2.34. The van der Waals surface area contributed by atoms with Crippen molar-refractivity contribution in [2.75, 3.05) is 11.2 Å². The highest BCUT2D eigenvalue weighted by Gasteiger charge is 2.46. The minimum Gasteiger partial charge on any atom is -0.387 e. The quantitative estimate of drug-likeness (QED) is 0.324. The number of Topliss-reactive ketones (excluding diaryl/α,β-unsaturated/α-hetero) is 1. The van der Waals surface area contributed by atoms with E-state index in [1.54, 1.807) is 6.21 Å². The summed E-state index contributed by atoms with van der Waals surface area (Å²) in [6, 6.07) is 1.97. The number of aromatic nitrogens is 5. The summed E-state index contributed by atoms with van der Waals surface area (Å²) < 4.78 is 8.88. The summed E-state index contributed by atoms with van der Waals surface area (Å²) in [5.74, 6) is -0.183. The molecule has 1 aliphatic heterocycles. The standard InChI is InChI=1S/C18H22N8O4/c1-8-4-10(25(3)6-8)5-21-24-18-22-15(19)11-16(23-18)26(7-20-11)17-13(29)12(28)14(30-17)9(2)27/h4-7,12-14,17,28-29H,1-3H3,(H3,19,22,23,24)/b21-5+/t12-,13+,14+,17+/m0/s1. The number of imidazole rings is 1. The molecule has 1 fully saturated rings. The van der Waals surface area contributed by atoms with Gasteiger partial charge in [0.1, 0.15) is 23.8 Å². The van der Waals surface area contributed by atoms with Crippen LogP contribution in [0.4, 0.5) is 11.8 Å². The molecule has 3 aromatic rings. The van der Waals surface area contributed by atoms with Gasteiger partial charge in [-0.1, -0.05) is 0 Å². The molecule has 4 heterocycles.